The predicted octanol–water partition coefficient (Wildman–Crippen LogP) is 0.400. The minimum absolute atomic E-state index is 0.115. The van der Waals surface area contributed by atoms with Crippen molar-refractivity contribution in [3.63, 3.8) is 0 Å². The molecular formula is C3H8I2N2O. The number of nitrogens with two attached hydrogens (primary N) is 2. The quantitative estimate of drug-likeness (QED) is 0.444. The molecular weight excluding hydrogens is 334 g/mol. The third-order valence-corrected chi connectivity index (χ3v) is 1.10. The summed E-state index contributed by atoms with van der Waals surface area (Å²) < 4.78 is 5.14. The lowest BCUT2D eigenvalue weighted by Gasteiger charge is -2.10. The number of ether oxygens (including phenoxy) is 1. The van der Waals surface area contributed by atoms with Crippen LogP contribution in [0.25, 0.3) is 0 Å². The summed E-state index contributed by atoms with van der Waals surface area (Å²) in [7, 11) is 0. The van der Waals surface area contributed by atoms with E-state index in [1.807, 2.05) is 0 Å². The molecule has 0 radical (unpaired) electrons. The van der Waals surface area contributed by atoms with Crippen molar-refractivity contribution in [2.75, 3.05) is 6.54 Å². The summed E-state index contributed by atoms with van der Waals surface area (Å²) in [5.41, 5.74) is 10.5. The lowest BCUT2D eigenvalue weighted by molar-refractivity contribution is 0.100. The number of alkyl halides is 2. The number of rotatable bonds is 3. The van der Waals surface area contributed by atoms with Crippen molar-refractivity contribution < 1.29 is 4.74 Å². The summed E-state index contributed by atoms with van der Waals surface area (Å²) in [6, 6.07) is 0. The minimum Gasteiger partial charge on any atom is -0.339 e. The third kappa shape index (κ3) is 5.48. The molecule has 0 bridgehead atoms. The molecule has 0 aliphatic rings. The van der Waals surface area contributed by atoms with Crippen molar-refractivity contribution >= 4 is 45.2 Å². The summed E-state index contributed by atoms with van der Waals surface area (Å²) in [6.07, 6.45) is -0.311. The molecule has 0 saturated carbocycles. The van der Waals surface area contributed by atoms with E-state index < -0.39 is 0 Å². The fourth-order valence-electron chi connectivity index (χ4n) is 0.188. The van der Waals surface area contributed by atoms with E-state index in [-0.39, 0.29) is 8.35 Å². The Labute approximate surface area is 75.8 Å². The van der Waals surface area contributed by atoms with Crippen LogP contribution >= 0.6 is 45.2 Å². The van der Waals surface area contributed by atoms with Crippen LogP contribution in [0.1, 0.15) is 0 Å². The highest BCUT2D eigenvalue weighted by atomic mass is 127. The first-order chi connectivity index (χ1) is 3.66. The molecule has 0 aromatic rings. The van der Waals surface area contributed by atoms with Gasteiger partial charge in [-0.05, 0) is 45.2 Å². The van der Waals surface area contributed by atoms with Gasteiger partial charge in [-0.15, -0.1) is 0 Å². The average Bonchev–Trinajstić information content (AvgIpc) is 1.65. The number of hydrogen-bond donors (Lipinski definition) is 2. The van der Waals surface area contributed by atoms with E-state index in [0.29, 0.717) is 6.54 Å². The lowest BCUT2D eigenvalue weighted by atomic mass is 10.6. The van der Waals surface area contributed by atoms with Crippen molar-refractivity contribution in [2.24, 2.45) is 11.5 Å². The monoisotopic (exact) mass is 342 g/mol. The van der Waals surface area contributed by atoms with Crippen molar-refractivity contribution in [3.05, 3.63) is 0 Å². The first-order valence-electron chi connectivity index (χ1n) is 2.06. The molecule has 0 unspecified atom stereocenters. The number of hydrogen-bond acceptors (Lipinski definition) is 3. The number of halogens is 2. The van der Waals surface area contributed by atoms with Gasteiger partial charge in [0.2, 0.25) is 0 Å². The zero-order valence-corrected chi connectivity index (χ0v) is 8.50. The van der Waals surface area contributed by atoms with Crippen LogP contribution in [-0.4, -0.2) is 14.9 Å². The van der Waals surface area contributed by atoms with Crippen LogP contribution in [0.15, 0.2) is 0 Å². The molecule has 0 aromatic carbocycles. The van der Waals surface area contributed by atoms with Gasteiger partial charge < -0.3 is 16.2 Å². The Morgan fingerprint density at radius 3 is 2.12 bits per heavy atom. The van der Waals surface area contributed by atoms with Crippen LogP contribution in [0, 0.1) is 0 Å². The molecule has 0 aliphatic heterocycles. The fourth-order valence-corrected chi connectivity index (χ4v) is 0.942. The van der Waals surface area contributed by atoms with E-state index in [4.69, 9.17) is 16.2 Å². The normalized spacial score (nSPS) is 14.6. The standard InChI is InChI=1S/C3H8I2N2O/c4-3(5)8-2(7)1-6/h2-3H,1,6-7H2/t2-/m1/s1. The van der Waals surface area contributed by atoms with Crippen molar-refractivity contribution in [3.8, 4) is 0 Å². The predicted molar refractivity (Wildman–Crippen MR) is 49.9 cm³/mol. The van der Waals surface area contributed by atoms with Crippen LogP contribution in [0.2, 0.25) is 0 Å². The maximum Gasteiger partial charge on any atom is 0.161 e. The minimum atomic E-state index is -0.311. The third-order valence-electron chi connectivity index (χ3n) is 0.510. The molecule has 5 heteroatoms. The van der Waals surface area contributed by atoms with Gasteiger partial charge in [0.15, 0.2) is 2.12 Å². The van der Waals surface area contributed by atoms with Gasteiger partial charge in [-0.1, -0.05) is 0 Å². The van der Waals surface area contributed by atoms with E-state index in [0.717, 1.165) is 0 Å². The molecule has 0 saturated heterocycles. The fraction of sp³-hybridized carbons (Fsp3) is 1.00. The Bertz CT molecular complexity index is 61.2. The second-order valence-corrected chi connectivity index (χ2v) is 5.82. The molecule has 0 aliphatic carbocycles. The average molecular weight is 342 g/mol. The topological polar surface area (TPSA) is 61.3 Å². The molecule has 0 aromatic heterocycles. The van der Waals surface area contributed by atoms with E-state index in [1.165, 1.54) is 0 Å². The van der Waals surface area contributed by atoms with Crippen LogP contribution in [0.5, 0.6) is 0 Å². The molecule has 0 rings (SSSR count). The van der Waals surface area contributed by atoms with Gasteiger partial charge >= 0.3 is 0 Å². The summed E-state index contributed by atoms with van der Waals surface area (Å²) >= 11 is 4.22. The van der Waals surface area contributed by atoms with E-state index >= 15 is 0 Å². The highest BCUT2D eigenvalue weighted by molar-refractivity contribution is 14.2. The summed E-state index contributed by atoms with van der Waals surface area (Å²) in [4.78, 5) is 0. The Hall–Kier alpha value is 1.34. The molecule has 0 heterocycles. The molecule has 0 amide bonds. The van der Waals surface area contributed by atoms with Crippen LogP contribution in [0.4, 0.5) is 0 Å². The lowest BCUT2D eigenvalue weighted by Crippen LogP contribution is -2.33. The van der Waals surface area contributed by atoms with Crippen LogP contribution in [0.3, 0.4) is 0 Å². The van der Waals surface area contributed by atoms with Gasteiger partial charge in [-0.2, -0.15) is 0 Å². The van der Waals surface area contributed by atoms with Crippen molar-refractivity contribution in [2.45, 2.75) is 8.35 Å². The molecule has 3 nitrogen and oxygen atoms in total. The maximum absolute atomic E-state index is 5.32. The second kappa shape index (κ2) is 5.15. The van der Waals surface area contributed by atoms with Gasteiger partial charge in [-0.3, -0.25) is 0 Å². The molecule has 1 atom stereocenters. The molecule has 4 N–H and O–H groups in total. The first kappa shape index (κ1) is 9.34. The molecule has 0 spiro atoms. The Morgan fingerprint density at radius 2 is 2.00 bits per heavy atom. The Morgan fingerprint density at radius 1 is 1.50 bits per heavy atom. The largest absolute Gasteiger partial charge is 0.339 e. The highest BCUT2D eigenvalue weighted by Crippen LogP contribution is 2.11. The van der Waals surface area contributed by atoms with Crippen molar-refractivity contribution in [1.82, 2.24) is 0 Å². The van der Waals surface area contributed by atoms with Crippen molar-refractivity contribution in [1.29, 1.82) is 0 Å². The van der Waals surface area contributed by atoms with Gasteiger partial charge in [0.1, 0.15) is 6.23 Å². The van der Waals surface area contributed by atoms with Gasteiger partial charge in [0, 0.05) is 6.54 Å². The second-order valence-electron chi connectivity index (χ2n) is 1.17. The van der Waals surface area contributed by atoms with Gasteiger partial charge in [-0.25, -0.2) is 0 Å². The summed E-state index contributed by atoms with van der Waals surface area (Å²) in [6.45, 7) is 0.377. The molecule has 0 fully saturated rings. The first-order valence-corrected chi connectivity index (χ1v) is 4.55. The van der Waals surface area contributed by atoms with E-state index in [9.17, 15) is 0 Å². The Balaban J connectivity index is 3.10. The SMILES string of the molecule is NC[C@H](N)OC(I)I. The zero-order valence-electron chi connectivity index (χ0n) is 4.18. The zero-order chi connectivity index (χ0) is 6.57. The maximum atomic E-state index is 5.32. The summed E-state index contributed by atoms with van der Waals surface area (Å²) in [5.74, 6) is 0. The van der Waals surface area contributed by atoms with Crippen LogP contribution < -0.4 is 11.5 Å². The smallest absolute Gasteiger partial charge is 0.161 e. The van der Waals surface area contributed by atoms with Crippen LogP contribution in [-0.2, 0) is 4.74 Å². The van der Waals surface area contributed by atoms with Gasteiger partial charge in [0.25, 0.3) is 0 Å². The summed E-state index contributed by atoms with van der Waals surface area (Å²) in [5, 5.41) is 0. The van der Waals surface area contributed by atoms with Gasteiger partial charge in [0.05, 0.1) is 0 Å². The highest BCUT2D eigenvalue weighted by Gasteiger charge is 2.02. The Kier molecular flexibility index (Phi) is 6.01. The van der Waals surface area contributed by atoms with E-state index in [1.54, 1.807) is 0 Å². The molecule has 50 valence electrons. The molecule has 8 heavy (non-hydrogen) atoms. The van der Waals surface area contributed by atoms with E-state index in [2.05, 4.69) is 45.2 Å².